The molecule has 0 radical (unpaired) electrons. The van der Waals surface area contributed by atoms with E-state index >= 15 is 0 Å². The maximum absolute atomic E-state index is 12.5. The van der Waals surface area contributed by atoms with Gasteiger partial charge in [-0.25, -0.2) is 13.1 Å². The summed E-state index contributed by atoms with van der Waals surface area (Å²) < 4.78 is 28.3. The Morgan fingerprint density at radius 3 is 2.40 bits per heavy atom. The van der Waals surface area contributed by atoms with Crippen LogP contribution in [0.25, 0.3) is 0 Å². The van der Waals surface area contributed by atoms with Crippen molar-refractivity contribution in [3.05, 3.63) is 27.7 Å². The third-order valence-electron chi connectivity index (χ3n) is 2.99. The lowest BCUT2D eigenvalue weighted by Gasteiger charge is -2.18. The summed E-state index contributed by atoms with van der Waals surface area (Å²) in [6.45, 7) is 8.20. The third kappa shape index (κ3) is 4.55. The molecule has 0 amide bonds. The molecule has 0 aliphatic rings. The summed E-state index contributed by atoms with van der Waals surface area (Å²) in [5.74, 6) is 0.438. The zero-order chi connectivity index (χ0) is 15.5. The van der Waals surface area contributed by atoms with E-state index in [4.69, 9.17) is 5.73 Å². The first-order valence-electron chi connectivity index (χ1n) is 6.68. The van der Waals surface area contributed by atoms with Gasteiger partial charge in [0, 0.05) is 17.1 Å². The Morgan fingerprint density at radius 2 is 1.90 bits per heavy atom. The Kier molecular flexibility index (Phi) is 6.19. The molecule has 0 bridgehead atoms. The second-order valence-electron chi connectivity index (χ2n) is 5.58. The number of hydrogen-bond donors (Lipinski definition) is 2. The van der Waals surface area contributed by atoms with E-state index in [-0.39, 0.29) is 10.9 Å². The molecule has 0 aromatic heterocycles. The van der Waals surface area contributed by atoms with Crippen molar-refractivity contribution in [3.8, 4) is 0 Å². The normalized spacial score (nSPS) is 13.8. The summed E-state index contributed by atoms with van der Waals surface area (Å²) >= 11 is 3.36. The minimum Gasteiger partial charge on any atom is -0.326 e. The molecular weight excluding hydrogens is 340 g/mol. The van der Waals surface area contributed by atoms with Gasteiger partial charge < -0.3 is 5.73 Å². The van der Waals surface area contributed by atoms with Gasteiger partial charge in [-0.2, -0.15) is 0 Å². The molecule has 1 unspecified atom stereocenters. The Hall–Kier alpha value is -0.430. The summed E-state index contributed by atoms with van der Waals surface area (Å²) in [5, 5.41) is 0. The van der Waals surface area contributed by atoms with Crippen molar-refractivity contribution in [2.24, 2.45) is 11.7 Å². The van der Waals surface area contributed by atoms with Crippen molar-refractivity contribution in [2.75, 3.05) is 0 Å². The minimum absolute atomic E-state index is 0.103. The molecule has 0 saturated carbocycles. The zero-order valence-electron chi connectivity index (χ0n) is 12.4. The number of aryl methyl sites for hydroxylation is 1. The van der Waals surface area contributed by atoms with Crippen LogP contribution in [-0.2, 0) is 16.6 Å². The largest absolute Gasteiger partial charge is 0.326 e. The van der Waals surface area contributed by atoms with E-state index in [1.165, 1.54) is 0 Å². The van der Waals surface area contributed by atoms with E-state index in [0.717, 1.165) is 17.5 Å². The topological polar surface area (TPSA) is 72.2 Å². The van der Waals surface area contributed by atoms with Crippen LogP contribution in [0.15, 0.2) is 21.5 Å². The van der Waals surface area contributed by atoms with Crippen molar-refractivity contribution in [3.63, 3.8) is 0 Å². The maximum Gasteiger partial charge on any atom is 0.241 e. The van der Waals surface area contributed by atoms with Gasteiger partial charge in [0.25, 0.3) is 0 Å². The highest BCUT2D eigenvalue weighted by atomic mass is 79.9. The Balaban J connectivity index is 3.12. The van der Waals surface area contributed by atoms with Gasteiger partial charge in [0.1, 0.15) is 0 Å². The molecule has 0 saturated heterocycles. The lowest BCUT2D eigenvalue weighted by atomic mass is 10.1. The van der Waals surface area contributed by atoms with Crippen molar-refractivity contribution in [1.29, 1.82) is 0 Å². The number of hydrogen-bond acceptors (Lipinski definition) is 3. The van der Waals surface area contributed by atoms with Crippen molar-refractivity contribution < 1.29 is 8.42 Å². The molecule has 6 heteroatoms. The average molecular weight is 363 g/mol. The third-order valence-corrected chi connectivity index (χ3v) is 5.92. The van der Waals surface area contributed by atoms with Crippen LogP contribution < -0.4 is 10.5 Å². The molecule has 20 heavy (non-hydrogen) atoms. The van der Waals surface area contributed by atoms with Gasteiger partial charge >= 0.3 is 0 Å². The predicted molar refractivity (Wildman–Crippen MR) is 86.0 cm³/mol. The van der Waals surface area contributed by atoms with Crippen molar-refractivity contribution >= 4 is 26.0 Å². The van der Waals surface area contributed by atoms with Gasteiger partial charge in [-0.1, -0.05) is 19.9 Å². The molecular formula is C14H23BrN2O2S. The summed E-state index contributed by atoms with van der Waals surface area (Å²) in [6, 6.07) is 3.41. The van der Waals surface area contributed by atoms with Crippen molar-refractivity contribution in [1.82, 2.24) is 4.72 Å². The number of nitrogens with one attached hydrogen (secondary N) is 1. The minimum atomic E-state index is -3.54. The van der Waals surface area contributed by atoms with E-state index in [0.29, 0.717) is 16.9 Å². The quantitative estimate of drug-likeness (QED) is 0.816. The highest BCUT2D eigenvalue weighted by molar-refractivity contribution is 9.10. The number of benzene rings is 1. The SMILES string of the molecule is Cc1cc(CN)cc(S(=O)(=O)NC(C)CC(C)C)c1Br. The molecule has 0 fully saturated rings. The van der Waals surface area contributed by atoms with Gasteiger partial charge in [0.2, 0.25) is 10.0 Å². The van der Waals surface area contributed by atoms with Crippen LogP contribution in [0.2, 0.25) is 0 Å². The first-order chi connectivity index (χ1) is 9.17. The molecule has 4 nitrogen and oxygen atoms in total. The van der Waals surface area contributed by atoms with E-state index in [1.54, 1.807) is 6.07 Å². The maximum atomic E-state index is 12.5. The van der Waals surface area contributed by atoms with Crippen LogP contribution in [0.5, 0.6) is 0 Å². The molecule has 3 N–H and O–H groups in total. The molecule has 1 aromatic rings. The van der Waals surface area contributed by atoms with Gasteiger partial charge in [-0.15, -0.1) is 0 Å². The standard InChI is InChI=1S/C14H23BrN2O2S/c1-9(2)5-11(4)17-20(18,19)13-7-12(8-16)6-10(3)14(13)15/h6-7,9,11,17H,5,8,16H2,1-4H3. The van der Waals surface area contributed by atoms with E-state index in [1.807, 2.05) is 19.9 Å². The van der Waals surface area contributed by atoms with Gasteiger partial charge in [-0.05, 0) is 59.3 Å². The fraction of sp³-hybridized carbons (Fsp3) is 0.571. The lowest BCUT2D eigenvalue weighted by Crippen LogP contribution is -2.33. The van der Waals surface area contributed by atoms with Crippen LogP contribution in [0.3, 0.4) is 0 Å². The number of rotatable bonds is 6. The lowest BCUT2D eigenvalue weighted by molar-refractivity contribution is 0.482. The number of halogens is 1. The fourth-order valence-corrected chi connectivity index (χ4v) is 4.53. The Bertz CT molecular complexity index is 571. The molecule has 1 atom stereocenters. The number of sulfonamides is 1. The smallest absolute Gasteiger partial charge is 0.241 e. The van der Waals surface area contributed by atoms with E-state index < -0.39 is 10.0 Å². The van der Waals surface area contributed by atoms with Crippen molar-refractivity contribution in [2.45, 2.75) is 51.6 Å². The Morgan fingerprint density at radius 1 is 1.30 bits per heavy atom. The first-order valence-corrected chi connectivity index (χ1v) is 8.96. The van der Waals surface area contributed by atoms with Gasteiger partial charge in [-0.3, -0.25) is 0 Å². The Labute approximate surface area is 130 Å². The molecule has 114 valence electrons. The summed E-state index contributed by atoms with van der Waals surface area (Å²) in [6.07, 6.45) is 0.798. The summed E-state index contributed by atoms with van der Waals surface area (Å²) in [5.41, 5.74) is 7.29. The molecule has 0 aliphatic heterocycles. The zero-order valence-corrected chi connectivity index (χ0v) is 14.8. The van der Waals surface area contributed by atoms with Crippen LogP contribution in [0.1, 0.15) is 38.3 Å². The molecule has 0 spiro atoms. The van der Waals surface area contributed by atoms with Crippen LogP contribution in [0, 0.1) is 12.8 Å². The summed E-state index contributed by atoms with van der Waals surface area (Å²) in [4.78, 5) is 0.258. The molecule has 1 rings (SSSR count). The first kappa shape index (κ1) is 17.6. The van der Waals surface area contributed by atoms with Crippen LogP contribution >= 0.6 is 15.9 Å². The van der Waals surface area contributed by atoms with Gasteiger partial charge in [0.15, 0.2) is 0 Å². The van der Waals surface area contributed by atoms with E-state index in [9.17, 15) is 8.42 Å². The van der Waals surface area contributed by atoms with Crippen LogP contribution in [0.4, 0.5) is 0 Å². The second kappa shape index (κ2) is 7.02. The molecule has 0 heterocycles. The average Bonchev–Trinajstić information content (AvgIpc) is 2.30. The highest BCUT2D eigenvalue weighted by Crippen LogP contribution is 2.27. The summed E-state index contributed by atoms with van der Waals surface area (Å²) in [7, 11) is -3.54. The molecule has 1 aromatic carbocycles. The predicted octanol–water partition coefficient (Wildman–Crippen LogP) is 2.93. The fourth-order valence-electron chi connectivity index (χ4n) is 2.21. The second-order valence-corrected chi connectivity index (χ2v) is 8.06. The van der Waals surface area contributed by atoms with Gasteiger partial charge in [0.05, 0.1) is 4.90 Å². The van der Waals surface area contributed by atoms with E-state index in [2.05, 4.69) is 34.5 Å². The number of nitrogens with two attached hydrogens (primary N) is 1. The molecule has 0 aliphatic carbocycles. The monoisotopic (exact) mass is 362 g/mol. The van der Waals surface area contributed by atoms with Crippen LogP contribution in [-0.4, -0.2) is 14.5 Å². The highest BCUT2D eigenvalue weighted by Gasteiger charge is 2.22.